The molecule has 0 aliphatic heterocycles. The fourth-order valence-corrected chi connectivity index (χ4v) is 1.90. The maximum absolute atomic E-state index is 11.3. The quantitative estimate of drug-likeness (QED) is 0.503. The molecule has 1 N–H and O–H groups in total. The molecular formula is C14H16I2N2O3. The van der Waals surface area contributed by atoms with Crippen LogP contribution in [0.5, 0.6) is 0 Å². The van der Waals surface area contributed by atoms with Gasteiger partial charge in [0.25, 0.3) is 0 Å². The third-order valence-corrected chi connectivity index (χ3v) is 3.02. The number of carbonyl (C=O) groups is 1. The number of methoxy groups -OCH3 is 1. The van der Waals surface area contributed by atoms with Gasteiger partial charge in [0.1, 0.15) is 5.82 Å². The van der Waals surface area contributed by atoms with Crippen molar-refractivity contribution in [2.24, 2.45) is 0 Å². The maximum atomic E-state index is 11.3. The van der Waals surface area contributed by atoms with Crippen LogP contribution in [0.15, 0.2) is 30.5 Å². The minimum Gasteiger partial charge on any atom is -0.465 e. The summed E-state index contributed by atoms with van der Waals surface area (Å²) in [6.07, 6.45) is 1.66. The van der Waals surface area contributed by atoms with E-state index >= 15 is 0 Å². The van der Waals surface area contributed by atoms with E-state index in [9.17, 15) is 9.90 Å². The zero-order valence-corrected chi connectivity index (χ0v) is 16.0. The summed E-state index contributed by atoms with van der Waals surface area (Å²) in [6.45, 7) is 2.46. The normalized spacial score (nSPS) is 9.76. The number of halogens is 2. The lowest BCUT2D eigenvalue weighted by Gasteiger charge is -2.09. The van der Waals surface area contributed by atoms with E-state index in [2.05, 4.69) is 47.0 Å². The van der Waals surface area contributed by atoms with Crippen molar-refractivity contribution >= 4 is 43.2 Å². The van der Waals surface area contributed by atoms with Crippen LogP contribution in [0.1, 0.15) is 27.4 Å². The largest absolute Gasteiger partial charge is 0.465 e. The second-order valence-electron chi connectivity index (χ2n) is 4.23. The molecule has 0 fully saturated rings. The fraction of sp³-hybridized carbons (Fsp3) is 0.286. The average molecular weight is 514 g/mol. The highest BCUT2D eigenvalue weighted by Gasteiger charge is 2.08. The first-order chi connectivity index (χ1) is 10.2. The molecule has 7 heteroatoms. The van der Waals surface area contributed by atoms with E-state index in [-0.39, 0.29) is 12.6 Å². The number of rotatable bonds is 4. The minimum atomic E-state index is -0.346. The summed E-state index contributed by atoms with van der Waals surface area (Å²) in [5, 5.41) is 9.24. The zero-order chi connectivity index (χ0) is 15.8. The molecule has 0 amide bonds. The third kappa shape index (κ3) is 4.92. The Bertz CT molecular complexity index is 582. The van der Waals surface area contributed by atoms with Crippen LogP contribution in [-0.4, -0.2) is 27.7 Å². The maximum Gasteiger partial charge on any atom is 0.337 e. The van der Waals surface area contributed by atoms with Gasteiger partial charge in [0.2, 0.25) is 0 Å². The van der Waals surface area contributed by atoms with Crippen LogP contribution in [-0.2, 0) is 17.9 Å². The van der Waals surface area contributed by atoms with Crippen molar-refractivity contribution in [2.45, 2.75) is 20.1 Å². The van der Waals surface area contributed by atoms with Crippen molar-refractivity contribution in [2.75, 3.05) is 7.11 Å². The number of imidazole rings is 1. The Kier molecular flexibility index (Phi) is 8.19. The number of hydrogen-bond acceptors (Lipinski definition) is 4. The number of esters is 1. The number of carbonyl (C=O) groups excluding carboxylic acids is 1. The Morgan fingerprint density at radius 1 is 1.33 bits per heavy atom. The van der Waals surface area contributed by atoms with Gasteiger partial charge in [-0.2, -0.15) is 0 Å². The van der Waals surface area contributed by atoms with Gasteiger partial charge in [-0.1, -0.05) is 12.1 Å². The first-order valence-corrected chi connectivity index (χ1v) is 12.4. The summed E-state index contributed by atoms with van der Waals surface area (Å²) >= 11 is 4.24. The lowest BCUT2D eigenvalue weighted by Crippen LogP contribution is -2.07. The van der Waals surface area contributed by atoms with Gasteiger partial charge in [0.05, 0.1) is 31.2 Å². The summed E-state index contributed by atoms with van der Waals surface area (Å²) in [5.74, 6) is 0.502. The van der Waals surface area contributed by atoms with Crippen molar-refractivity contribution in [1.29, 1.82) is 0 Å². The highest BCUT2D eigenvalue weighted by atomic mass is 128. The lowest BCUT2D eigenvalue weighted by molar-refractivity contribution is 0.0600. The number of ether oxygens (including phenoxy) is 1. The Hall–Kier alpha value is -0.680. The molecule has 0 saturated carbocycles. The van der Waals surface area contributed by atoms with Crippen molar-refractivity contribution < 1.29 is 14.6 Å². The van der Waals surface area contributed by atoms with E-state index in [0.29, 0.717) is 12.1 Å². The summed E-state index contributed by atoms with van der Waals surface area (Å²) in [7, 11) is 1.36. The van der Waals surface area contributed by atoms with Gasteiger partial charge in [-0.25, -0.2) is 9.78 Å². The van der Waals surface area contributed by atoms with Gasteiger partial charge in [-0.15, -0.1) is 0 Å². The lowest BCUT2D eigenvalue weighted by atomic mass is 10.1. The molecule has 0 saturated heterocycles. The van der Waals surface area contributed by atoms with Crippen molar-refractivity contribution in [3.8, 4) is 0 Å². The molecule has 2 aromatic rings. The molecule has 5 nitrogen and oxygen atoms in total. The SMILES string of the molecule is COC(=O)c1ccc(Cn2c(CO)cnc2C)cc1.II. The van der Waals surface area contributed by atoms with Crippen LogP contribution in [0.3, 0.4) is 0 Å². The van der Waals surface area contributed by atoms with Crippen LogP contribution in [0.4, 0.5) is 0 Å². The van der Waals surface area contributed by atoms with Gasteiger partial charge in [0, 0.05) is 43.8 Å². The summed E-state index contributed by atoms with van der Waals surface area (Å²) in [4.78, 5) is 15.5. The Morgan fingerprint density at radius 2 is 1.95 bits per heavy atom. The van der Waals surface area contributed by atoms with E-state index in [0.717, 1.165) is 17.1 Å². The number of benzene rings is 1. The molecule has 0 aliphatic rings. The summed E-state index contributed by atoms with van der Waals surface area (Å²) in [6, 6.07) is 7.19. The third-order valence-electron chi connectivity index (χ3n) is 3.02. The number of aryl methyl sites for hydroxylation is 1. The molecule has 0 radical (unpaired) electrons. The molecule has 1 heterocycles. The molecular weight excluding hydrogens is 498 g/mol. The first-order valence-electron chi connectivity index (χ1n) is 6.09. The monoisotopic (exact) mass is 514 g/mol. The predicted octanol–water partition coefficient (Wildman–Crippen LogP) is 3.29. The van der Waals surface area contributed by atoms with E-state index in [1.165, 1.54) is 7.11 Å². The van der Waals surface area contributed by atoms with E-state index in [1.54, 1.807) is 18.3 Å². The molecule has 2 rings (SSSR count). The number of nitrogens with zero attached hydrogens (tertiary/aromatic N) is 2. The summed E-state index contributed by atoms with van der Waals surface area (Å²) < 4.78 is 6.59. The van der Waals surface area contributed by atoms with Gasteiger partial charge in [-0.3, -0.25) is 0 Å². The van der Waals surface area contributed by atoms with Crippen LogP contribution in [0, 0.1) is 6.92 Å². The van der Waals surface area contributed by atoms with E-state index in [4.69, 9.17) is 0 Å². The highest BCUT2D eigenvalue weighted by molar-refractivity contribution is 15.0. The topological polar surface area (TPSA) is 64.3 Å². The summed E-state index contributed by atoms with van der Waals surface area (Å²) in [5.41, 5.74) is 2.33. The van der Waals surface area contributed by atoms with Gasteiger partial charge >= 0.3 is 5.97 Å². The zero-order valence-electron chi connectivity index (χ0n) is 11.7. The Labute approximate surface area is 147 Å². The molecule has 1 aromatic carbocycles. The van der Waals surface area contributed by atoms with Crippen LogP contribution in [0.2, 0.25) is 0 Å². The molecule has 21 heavy (non-hydrogen) atoms. The Morgan fingerprint density at radius 3 is 2.48 bits per heavy atom. The predicted molar refractivity (Wildman–Crippen MR) is 97.8 cm³/mol. The molecule has 0 atom stereocenters. The molecule has 0 bridgehead atoms. The standard InChI is InChI=1S/C14H16N2O3.I2/c1-10-15-7-13(9-17)16(10)8-11-3-5-12(6-4-11)14(18)19-2;1-2/h3-7,17H,8-9H2,1-2H3;. The first kappa shape index (κ1) is 18.4. The van der Waals surface area contributed by atoms with Crippen molar-refractivity contribution in [3.63, 3.8) is 0 Å². The molecule has 0 aliphatic carbocycles. The van der Waals surface area contributed by atoms with Crippen LogP contribution in [0.25, 0.3) is 0 Å². The fourth-order valence-electron chi connectivity index (χ4n) is 1.90. The number of aliphatic hydroxyl groups is 1. The number of aromatic nitrogens is 2. The van der Waals surface area contributed by atoms with Gasteiger partial charge < -0.3 is 14.4 Å². The van der Waals surface area contributed by atoms with Crippen LogP contribution >= 0.6 is 37.2 Å². The van der Waals surface area contributed by atoms with E-state index in [1.807, 2.05) is 23.6 Å². The average Bonchev–Trinajstić information content (AvgIpc) is 2.89. The number of hydrogen-bond donors (Lipinski definition) is 1. The minimum absolute atomic E-state index is 0.0406. The van der Waals surface area contributed by atoms with E-state index < -0.39 is 0 Å². The van der Waals surface area contributed by atoms with Crippen molar-refractivity contribution in [1.82, 2.24) is 9.55 Å². The molecule has 114 valence electrons. The Balaban J connectivity index is 0.00000106. The van der Waals surface area contributed by atoms with Gasteiger partial charge in [0.15, 0.2) is 0 Å². The molecule has 1 aromatic heterocycles. The highest BCUT2D eigenvalue weighted by Crippen LogP contribution is 2.11. The van der Waals surface area contributed by atoms with Crippen LogP contribution < -0.4 is 0 Å². The number of aliphatic hydroxyl groups excluding tert-OH is 1. The molecule has 0 spiro atoms. The van der Waals surface area contributed by atoms with Gasteiger partial charge in [-0.05, 0) is 24.6 Å². The second kappa shape index (κ2) is 9.36. The van der Waals surface area contributed by atoms with Crippen molar-refractivity contribution in [3.05, 3.63) is 53.1 Å². The second-order valence-corrected chi connectivity index (χ2v) is 4.23. The molecule has 0 unspecified atom stereocenters. The smallest absolute Gasteiger partial charge is 0.337 e.